The predicted octanol–water partition coefficient (Wildman–Crippen LogP) is 6.32. The molecular weight excluding hydrogens is 486 g/mol. The van der Waals surface area contributed by atoms with Gasteiger partial charge >= 0.3 is 12.4 Å². The first kappa shape index (κ1) is 24.7. The monoisotopic (exact) mass is 510 g/mol. The number of rotatable bonds is 4. The number of halogens is 6. The average Bonchev–Trinajstić information content (AvgIpc) is 3.34. The SMILES string of the molecule is O=C(Cc1ccc(C2C3CCC2[C@@H](O)C3)cc1C(F)(F)F)C1=CCc2cccc(C(F)(F)F)c2C1=O.[HH]. The second-order valence-corrected chi connectivity index (χ2v) is 9.83. The molecule has 0 amide bonds. The molecular formula is C27H24F6O3. The third-order valence-electron chi connectivity index (χ3n) is 7.81. The highest BCUT2D eigenvalue weighted by Crippen LogP contribution is 2.55. The molecule has 3 nitrogen and oxygen atoms in total. The van der Waals surface area contributed by atoms with E-state index in [2.05, 4.69) is 0 Å². The molecule has 0 spiro atoms. The van der Waals surface area contributed by atoms with Crippen LogP contribution in [0, 0.1) is 11.8 Å². The number of hydrogen-bond donors (Lipinski definition) is 1. The van der Waals surface area contributed by atoms with Gasteiger partial charge in [0.05, 0.1) is 22.8 Å². The molecule has 0 heterocycles. The molecule has 192 valence electrons. The lowest BCUT2D eigenvalue weighted by atomic mass is 9.83. The second kappa shape index (κ2) is 8.57. The number of carbonyl (C=O) groups is 2. The summed E-state index contributed by atoms with van der Waals surface area (Å²) in [7, 11) is 0. The van der Waals surface area contributed by atoms with Crippen molar-refractivity contribution in [3.63, 3.8) is 0 Å². The first-order valence-electron chi connectivity index (χ1n) is 11.7. The van der Waals surface area contributed by atoms with Gasteiger partial charge in [-0.2, -0.15) is 26.3 Å². The van der Waals surface area contributed by atoms with Gasteiger partial charge in [-0.25, -0.2) is 0 Å². The number of Topliss-reactive ketones (excluding diaryl/α,β-unsaturated/α-hetero) is 2. The molecule has 3 aliphatic carbocycles. The van der Waals surface area contributed by atoms with Crippen molar-refractivity contribution in [2.75, 3.05) is 0 Å². The first-order chi connectivity index (χ1) is 16.9. The van der Waals surface area contributed by atoms with Gasteiger partial charge in [-0.1, -0.05) is 30.3 Å². The van der Waals surface area contributed by atoms with Crippen molar-refractivity contribution < 1.29 is 42.5 Å². The highest BCUT2D eigenvalue weighted by molar-refractivity contribution is 6.28. The summed E-state index contributed by atoms with van der Waals surface area (Å²) >= 11 is 0. The number of alkyl halides is 6. The molecule has 2 aromatic carbocycles. The van der Waals surface area contributed by atoms with E-state index < -0.39 is 58.7 Å². The standard InChI is InChI=1S/C27H22F6O3.H2/c28-26(29,30)19-3-1-2-13-6-9-18(25(36)24(13)19)22(35)11-14-4-5-15(10-20(14)27(31,32)33)23-16-7-8-17(23)21(34)12-16;/h1-5,9-10,16-17,21,23,34H,6-8,11-12H2;1H/t16?,17?,21-,23?;/m0./s1. The van der Waals surface area contributed by atoms with Crippen molar-refractivity contribution in [3.8, 4) is 0 Å². The largest absolute Gasteiger partial charge is 0.417 e. The Morgan fingerprint density at radius 2 is 1.72 bits per heavy atom. The van der Waals surface area contributed by atoms with E-state index in [0.717, 1.165) is 25.0 Å². The molecule has 36 heavy (non-hydrogen) atoms. The summed E-state index contributed by atoms with van der Waals surface area (Å²) in [6, 6.07) is 7.03. The highest BCUT2D eigenvalue weighted by atomic mass is 19.4. The van der Waals surface area contributed by atoms with Gasteiger partial charge < -0.3 is 5.11 Å². The normalized spacial score (nSPS) is 25.6. The van der Waals surface area contributed by atoms with E-state index in [1.807, 2.05) is 0 Å². The Balaban J connectivity index is 0.00000320. The van der Waals surface area contributed by atoms with Crippen molar-refractivity contribution >= 4 is 11.6 Å². The lowest BCUT2D eigenvalue weighted by Gasteiger charge is -2.22. The molecule has 2 fully saturated rings. The van der Waals surface area contributed by atoms with Gasteiger partial charge in [0.15, 0.2) is 11.6 Å². The van der Waals surface area contributed by atoms with Crippen molar-refractivity contribution in [2.24, 2.45) is 11.8 Å². The minimum atomic E-state index is -4.82. The fourth-order valence-corrected chi connectivity index (χ4v) is 6.26. The maximum absolute atomic E-state index is 14.0. The lowest BCUT2D eigenvalue weighted by molar-refractivity contribution is -0.139. The number of benzene rings is 2. The fourth-order valence-electron chi connectivity index (χ4n) is 6.26. The molecule has 9 heteroatoms. The number of carbonyl (C=O) groups excluding carboxylic acids is 2. The molecule has 0 aliphatic heterocycles. The molecule has 2 saturated carbocycles. The van der Waals surface area contributed by atoms with E-state index >= 15 is 0 Å². The van der Waals surface area contributed by atoms with Crippen LogP contribution in [0.3, 0.4) is 0 Å². The Labute approximate surface area is 204 Å². The third kappa shape index (κ3) is 4.17. The van der Waals surface area contributed by atoms with Crippen LogP contribution in [0.1, 0.15) is 64.8 Å². The van der Waals surface area contributed by atoms with E-state index in [1.165, 1.54) is 30.3 Å². The quantitative estimate of drug-likeness (QED) is 0.387. The third-order valence-corrected chi connectivity index (χ3v) is 7.81. The molecule has 3 unspecified atom stereocenters. The zero-order chi connectivity index (χ0) is 26.0. The summed E-state index contributed by atoms with van der Waals surface area (Å²) in [6.07, 6.45) is -7.69. The molecule has 2 bridgehead atoms. The van der Waals surface area contributed by atoms with E-state index in [9.17, 15) is 41.0 Å². The summed E-state index contributed by atoms with van der Waals surface area (Å²) in [6.45, 7) is 0. The number of fused-ring (bicyclic) bond motifs is 3. The predicted molar refractivity (Wildman–Crippen MR) is 119 cm³/mol. The molecule has 0 saturated heterocycles. The summed E-state index contributed by atoms with van der Waals surface area (Å²) in [5.74, 6) is -2.28. The number of hydrogen-bond acceptors (Lipinski definition) is 3. The van der Waals surface area contributed by atoms with E-state index in [0.29, 0.717) is 12.0 Å². The average molecular weight is 510 g/mol. The highest BCUT2D eigenvalue weighted by Gasteiger charge is 2.48. The molecule has 2 aromatic rings. The van der Waals surface area contributed by atoms with Gasteiger partial charge in [-0.05, 0) is 72.3 Å². The van der Waals surface area contributed by atoms with Gasteiger partial charge in [0, 0.05) is 13.4 Å². The topological polar surface area (TPSA) is 54.4 Å². The Hall–Kier alpha value is -2.94. The van der Waals surface area contributed by atoms with E-state index in [1.54, 1.807) is 0 Å². The Bertz CT molecular complexity index is 1280. The van der Waals surface area contributed by atoms with Crippen LogP contribution >= 0.6 is 0 Å². The van der Waals surface area contributed by atoms with Gasteiger partial charge in [0.25, 0.3) is 0 Å². The van der Waals surface area contributed by atoms with Crippen molar-refractivity contribution in [3.05, 3.63) is 81.4 Å². The van der Waals surface area contributed by atoms with Crippen LogP contribution in [-0.4, -0.2) is 22.8 Å². The zero-order valence-corrected chi connectivity index (χ0v) is 18.9. The summed E-state index contributed by atoms with van der Waals surface area (Å²) in [4.78, 5) is 25.9. The van der Waals surface area contributed by atoms with Gasteiger partial charge in [0.1, 0.15) is 0 Å². The summed E-state index contributed by atoms with van der Waals surface area (Å²) in [5, 5.41) is 10.2. The number of ketones is 2. The van der Waals surface area contributed by atoms with Crippen molar-refractivity contribution in [1.29, 1.82) is 0 Å². The summed E-state index contributed by atoms with van der Waals surface area (Å²) < 4.78 is 82.3. The molecule has 0 aromatic heterocycles. The van der Waals surface area contributed by atoms with Crippen LogP contribution in [0.2, 0.25) is 0 Å². The lowest BCUT2D eigenvalue weighted by Crippen LogP contribution is -2.25. The number of aliphatic hydroxyl groups excluding tert-OH is 1. The molecule has 1 N–H and O–H groups in total. The van der Waals surface area contributed by atoms with Gasteiger partial charge in [0.2, 0.25) is 0 Å². The van der Waals surface area contributed by atoms with Gasteiger partial charge in [-0.15, -0.1) is 0 Å². The Morgan fingerprint density at radius 3 is 2.33 bits per heavy atom. The van der Waals surface area contributed by atoms with Crippen LogP contribution in [0.5, 0.6) is 0 Å². The van der Waals surface area contributed by atoms with Crippen LogP contribution in [0.4, 0.5) is 26.3 Å². The van der Waals surface area contributed by atoms with E-state index in [4.69, 9.17) is 0 Å². The van der Waals surface area contributed by atoms with E-state index in [-0.39, 0.29) is 36.7 Å². The number of aliphatic hydroxyl groups is 1. The molecule has 3 aliphatic rings. The van der Waals surface area contributed by atoms with Gasteiger partial charge in [-0.3, -0.25) is 9.59 Å². The van der Waals surface area contributed by atoms with Crippen LogP contribution in [0.15, 0.2) is 48.0 Å². The van der Waals surface area contributed by atoms with Crippen LogP contribution in [-0.2, 0) is 30.0 Å². The second-order valence-electron chi connectivity index (χ2n) is 9.83. The molecule has 4 atom stereocenters. The first-order valence-corrected chi connectivity index (χ1v) is 11.7. The van der Waals surface area contributed by atoms with Crippen molar-refractivity contribution in [2.45, 2.75) is 56.5 Å². The Morgan fingerprint density at radius 1 is 1.00 bits per heavy atom. The molecule has 5 rings (SSSR count). The fraction of sp³-hybridized carbons (Fsp3) is 0.407. The zero-order valence-electron chi connectivity index (χ0n) is 18.9. The van der Waals surface area contributed by atoms with Crippen molar-refractivity contribution in [1.82, 2.24) is 0 Å². The minimum absolute atomic E-state index is 0. The smallest absolute Gasteiger partial charge is 0.393 e. The number of allylic oxidation sites excluding steroid dienone is 2. The maximum Gasteiger partial charge on any atom is 0.417 e. The van der Waals surface area contributed by atoms with Crippen LogP contribution in [0.25, 0.3) is 0 Å². The minimum Gasteiger partial charge on any atom is -0.393 e. The van der Waals surface area contributed by atoms with Crippen LogP contribution < -0.4 is 0 Å². The maximum atomic E-state index is 14.0. The Kier molecular flexibility index (Phi) is 5.89. The summed E-state index contributed by atoms with van der Waals surface area (Å²) in [5.41, 5.74) is -3.11. The molecule has 0 radical (unpaired) electrons.